The second-order valence-corrected chi connectivity index (χ2v) is 8.27. The average Bonchev–Trinajstić information content (AvgIpc) is 2.77. The molecule has 6 nitrogen and oxygen atoms in total. The van der Waals surface area contributed by atoms with E-state index in [1.165, 1.54) is 7.11 Å². The van der Waals surface area contributed by atoms with Gasteiger partial charge in [-0.05, 0) is 49.2 Å². The monoisotopic (exact) mass is 496 g/mol. The molecule has 1 saturated carbocycles. The van der Waals surface area contributed by atoms with Crippen LogP contribution < -0.4 is 10.2 Å². The van der Waals surface area contributed by atoms with Crippen LogP contribution in [0, 0.1) is 5.92 Å². The fourth-order valence-electron chi connectivity index (χ4n) is 3.67. The number of alkyl halides is 3. The number of methoxy groups -OCH3 is 1. The summed E-state index contributed by atoms with van der Waals surface area (Å²) in [6.45, 7) is 0.666. The summed E-state index contributed by atoms with van der Waals surface area (Å²) in [4.78, 5) is 23.8. The van der Waals surface area contributed by atoms with E-state index in [1.807, 2.05) is 0 Å². The molecule has 0 amide bonds. The number of halogens is 4. The average molecular weight is 497 g/mol. The van der Waals surface area contributed by atoms with Crippen molar-refractivity contribution in [2.45, 2.75) is 25.1 Å². The van der Waals surface area contributed by atoms with Gasteiger partial charge in [0.1, 0.15) is 18.1 Å². The molecule has 3 aromatic rings. The van der Waals surface area contributed by atoms with Crippen molar-refractivity contribution in [3.63, 3.8) is 0 Å². The van der Waals surface area contributed by atoms with Crippen molar-refractivity contribution in [1.82, 2.24) is 0 Å². The molecule has 1 aromatic heterocycles. The molecule has 2 aromatic carbocycles. The summed E-state index contributed by atoms with van der Waals surface area (Å²) in [6, 6.07) is 9.25. The van der Waals surface area contributed by atoms with Crippen molar-refractivity contribution in [1.29, 1.82) is 0 Å². The highest BCUT2D eigenvalue weighted by molar-refractivity contribution is 6.34. The lowest BCUT2D eigenvalue weighted by Gasteiger charge is -2.32. The third-order valence-electron chi connectivity index (χ3n) is 5.58. The van der Waals surface area contributed by atoms with Crippen LogP contribution in [0.3, 0.4) is 0 Å². The molecule has 180 valence electrons. The molecule has 34 heavy (non-hydrogen) atoms. The van der Waals surface area contributed by atoms with Crippen LogP contribution in [0.15, 0.2) is 51.7 Å². The second-order valence-electron chi connectivity index (χ2n) is 7.86. The molecule has 0 bridgehead atoms. The van der Waals surface area contributed by atoms with E-state index >= 15 is 0 Å². The summed E-state index contributed by atoms with van der Waals surface area (Å²) in [7, 11) is 1.37. The Bertz CT molecular complexity index is 1250. The maximum absolute atomic E-state index is 13.0. The van der Waals surface area contributed by atoms with Gasteiger partial charge in [0.05, 0.1) is 41.7 Å². The first-order valence-corrected chi connectivity index (χ1v) is 10.8. The van der Waals surface area contributed by atoms with Gasteiger partial charge in [-0.2, -0.15) is 13.2 Å². The van der Waals surface area contributed by atoms with E-state index in [2.05, 4.69) is 4.74 Å². The van der Waals surface area contributed by atoms with Gasteiger partial charge in [0.15, 0.2) is 11.0 Å². The van der Waals surface area contributed by atoms with Crippen molar-refractivity contribution in [2.75, 3.05) is 20.3 Å². The Morgan fingerprint density at radius 3 is 2.47 bits per heavy atom. The predicted octanol–water partition coefficient (Wildman–Crippen LogP) is 5.48. The summed E-state index contributed by atoms with van der Waals surface area (Å²) in [6.07, 6.45) is -3.34. The Balaban J connectivity index is 1.38. The Labute approximate surface area is 197 Å². The molecule has 10 heteroatoms. The van der Waals surface area contributed by atoms with Crippen molar-refractivity contribution >= 4 is 28.5 Å². The molecule has 0 N–H and O–H groups in total. The first kappa shape index (κ1) is 24.1. The zero-order valence-corrected chi connectivity index (χ0v) is 18.7. The quantitative estimate of drug-likeness (QED) is 0.318. The van der Waals surface area contributed by atoms with Crippen LogP contribution in [0.1, 0.15) is 18.4 Å². The Morgan fingerprint density at radius 1 is 1.12 bits per heavy atom. The summed E-state index contributed by atoms with van der Waals surface area (Å²) in [5.41, 5.74) is -1.23. The minimum absolute atomic E-state index is 0.0184. The maximum atomic E-state index is 13.0. The standard InChI is InChI=1S/C24H20ClF3O6/c1-31-23(30)14-8-17(9-14)33-7-6-32-16-4-2-13(3-5-16)21-12-20(29)18-10-15(24(26,27)28)11-19(25)22(18)34-21/h2-5,10-12,14,17H,6-9H2,1H3. The van der Waals surface area contributed by atoms with Crippen LogP contribution in [0.2, 0.25) is 5.02 Å². The highest BCUT2D eigenvalue weighted by Crippen LogP contribution is 2.36. The number of hydrogen-bond donors (Lipinski definition) is 0. The van der Waals surface area contributed by atoms with E-state index in [0.29, 0.717) is 37.4 Å². The molecular formula is C24H20ClF3O6. The van der Waals surface area contributed by atoms with Crippen molar-refractivity contribution in [3.05, 3.63) is 63.3 Å². The van der Waals surface area contributed by atoms with Gasteiger partial charge in [0.25, 0.3) is 0 Å². The third kappa shape index (κ3) is 5.20. The fourth-order valence-corrected chi connectivity index (χ4v) is 3.93. The predicted molar refractivity (Wildman–Crippen MR) is 118 cm³/mol. The Hall–Kier alpha value is -3.04. The summed E-state index contributed by atoms with van der Waals surface area (Å²) in [5.74, 6) is 0.413. The van der Waals surface area contributed by atoms with Crippen LogP contribution in [0.25, 0.3) is 22.3 Å². The van der Waals surface area contributed by atoms with E-state index in [4.69, 9.17) is 25.5 Å². The van der Waals surface area contributed by atoms with Gasteiger partial charge in [-0.25, -0.2) is 0 Å². The molecule has 0 unspecified atom stereocenters. The molecule has 0 saturated heterocycles. The molecule has 1 heterocycles. The lowest BCUT2D eigenvalue weighted by Crippen LogP contribution is -2.37. The molecule has 0 radical (unpaired) electrons. The topological polar surface area (TPSA) is 75.0 Å². The van der Waals surface area contributed by atoms with E-state index < -0.39 is 17.2 Å². The van der Waals surface area contributed by atoms with Crippen LogP contribution in [-0.2, 0) is 20.4 Å². The van der Waals surface area contributed by atoms with E-state index in [1.54, 1.807) is 24.3 Å². The molecular weight excluding hydrogens is 477 g/mol. The molecule has 0 atom stereocenters. The van der Waals surface area contributed by atoms with Gasteiger partial charge in [0.2, 0.25) is 0 Å². The van der Waals surface area contributed by atoms with Crippen molar-refractivity contribution < 1.29 is 36.6 Å². The fraction of sp³-hybridized carbons (Fsp3) is 0.333. The zero-order chi connectivity index (χ0) is 24.5. The molecule has 0 aliphatic heterocycles. The Morgan fingerprint density at radius 2 is 1.82 bits per heavy atom. The highest BCUT2D eigenvalue weighted by Gasteiger charge is 2.36. The third-order valence-corrected chi connectivity index (χ3v) is 5.87. The summed E-state index contributed by atoms with van der Waals surface area (Å²) in [5, 5.41) is -0.541. The molecule has 1 aliphatic carbocycles. The van der Waals surface area contributed by atoms with E-state index in [9.17, 15) is 22.8 Å². The number of fused-ring (bicyclic) bond motifs is 1. The molecule has 1 aliphatic rings. The highest BCUT2D eigenvalue weighted by atomic mass is 35.5. The lowest BCUT2D eigenvalue weighted by atomic mass is 9.82. The van der Waals surface area contributed by atoms with E-state index in [-0.39, 0.29) is 39.7 Å². The van der Waals surface area contributed by atoms with Gasteiger partial charge in [0, 0.05) is 11.6 Å². The van der Waals surface area contributed by atoms with Gasteiger partial charge < -0.3 is 18.6 Å². The van der Waals surface area contributed by atoms with Gasteiger partial charge in [-0.1, -0.05) is 11.6 Å². The smallest absolute Gasteiger partial charge is 0.416 e. The molecule has 1 fully saturated rings. The Kier molecular flexibility index (Phi) is 6.86. The number of hydrogen-bond acceptors (Lipinski definition) is 6. The van der Waals surface area contributed by atoms with Crippen LogP contribution in [0.5, 0.6) is 5.75 Å². The molecule has 4 rings (SSSR count). The van der Waals surface area contributed by atoms with Gasteiger partial charge in [-0.15, -0.1) is 0 Å². The number of rotatable bonds is 7. The number of carbonyl (C=O) groups is 1. The number of benzene rings is 2. The first-order chi connectivity index (χ1) is 16.2. The maximum Gasteiger partial charge on any atom is 0.416 e. The van der Waals surface area contributed by atoms with Crippen LogP contribution >= 0.6 is 11.6 Å². The van der Waals surface area contributed by atoms with E-state index in [0.717, 1.165) is 18.2 Å². The van der Waals surface area contributed by atoms with Crippen molar-refractivity contribution in [3.8, 4) is 17.1 Å². The number of esters is 1. The minimum Gasteiger partial charge on any atom is -0.491 e. The number of carbonyl (C=O) groups excluding carboxylic acids is 1. The number of ether oxygens (including phenoxy) is 3. The largest absolute Gasteiger partial charge is 0.491 e. The summed E-state index contributed by atoms with van der Waals surface area (Å²) >= 11 is 5.98. The molecule has 0 spiro atoms. The first-order valence-electron chi connectivity index (χ1n) is 10.4. The SMILES string of the molecule is COC(=O)C1CC(OCCOc2ccc(-c3cc(=O)c4cc(C(F)(F)F)cc(Cl)c4o3)cc2)C1. The van der Waals surface area contributed by atoms with Crippen molar-refractivity contribution in [2.24, 2.45) is 5.92 Å². The zero-order valence-electron chi connectivity index (χ0n) is 18.0. The summed E-state index contributed by atoms with van der Waals surface area (Å²) < 4.78 is 60.7. The lowest BCUT2D eigenvalue weighted by molar-refractivity contribution is -0.155. The van der Waals surface area contributed by atoms with Gasteiger partial charge in [-0.3, -0.25) is 9.59 Å². The van der Waals surface area contributed by atoms with Crippen LogP contribution in [0.4, 0.5) is 13.2 Å². The van der Waals surface area contributed by atoms with Crippen LogP contribution in [-0.4, -0.2) is 32.4 Å². The minimum atomic E-state index is -4.63. The normalized spacial score (nSPS) is 17.9. The van der Waals surface area contributed by atoms with Gasteiger partial charge >= 0.3 is 12.1 Å². The second kappa shape index (κ2) is 9.68.